The van der Waals surface area contributed by atoms with Crippen molar-refractivity contribution < 1.29 is 4.74 Å². The summed E-state index contributed by atoms with van der Waals surface area (Å²) >= 11 is 3.69. The van der Waals surface area contributed by atoms with Gasteiger partial charge in [-0.2, -0.15) is 0 Å². The minimum Gasteiger partial charge on any atom is -0.376 e. The second kappa shape index (κ2) is 7.43. The van der Waals surface area contributed by atoms with Gasteiger partial charge in [0.05, 0.1) is 11.8 Å². The molecule has 3 nitrogen and oxygen atoms in total. The van der Waals surface area contributed by atoms with Crippen molar-refractivity contribution in [2.45, 2.75) is 44.8 Å². The van der Waals surface area contributed by atoms with Crippen LogP contribution in [0.25, 0.3) is 0 Å². The molecular weight excluding hydrogens is 316 g/mol. The second-order valence-corrected chi connectivity index (χ2v) is 6.53. The van der Waals surface area contributed by atoms with Crippen LogP contribution in [0.1, 0.15) is 31.7 Å². The fourth-order valence-corrected chi connectivity index (χ4v) is 3.36. The van der Waals surface area contributed by atoms with Crippen LogP contribution in [0.4, 0.5) is 5.69 Å². The average molecular weight is 341 g/mol. The maximum absolute atomic E-state index is 6.02. The molecule has 4 heteroatoms. The van der Waals surface area contributed by atoms with Gasteiger partial charge in [0.25, 0.3) is 0 Å². The molecule has 2 unspecified atom stereocenters. The maximum atomic E-state index is 6.02. The maximum Gasteiger partial charge on any atom is 0.0750 e. The molecule has 0 aromatic heterocycles. The Morgan fingerprint density at radius 1 is 1.50 bits per heavy atom. The predicted octanol–water partition coefficient (Wildman–Crippen LogP) is 3.34. The Kier molecular flexibility index (Phi) is 5.87. The fraction of sp³-hybridized carbons (Fsp3) is 0.625. The lowest BCUT2D eigenvalue weighted by Crippen LogP contribution is -2.28. The van der Waals surface area contributed by atoms with Crippen molar-refractivity contribution in [3.63, 3.8) is 0 Å². The summed E-state index contributed by atoms with van der Waals surface area (Å²) in [6.45, 7) is 3.99. The molecule has 1 fully saturated rings. The van der Waals surface area contributed by atoms with E-state index in [1.165, 1.54) is 24.1 Å². The minimum absolute atomic E-state index is 0.248. The molecule has 2 N–H and O–H groups in total. The average Bonchev–Trinajstić information content (AvgIpc) is 2.91. The van der Waals surface area contributed by atoms with Gasteiger partial charge >= 0.3 is 0 Å². The van der Waals surface area contributed by atoms with Crippen molar-refractivity contribution >= 4 is 21.6 Å². The smallest absolute Gasteiger partial charge is 0.0750 e. The van der Waals surface area contributed by atoms with Gasteiger partial charge in [-0.1, -0.05) is 13.0 Å². The molecule has 112 valence electrons. The topological polar surface area (TPSA) is 38.5 Å². The Labute approximate surface area is 130 Å². The van der Waals surface area contributed by atoms with Crippen LogP contribution in [0.3, 0.4) is 0 Å². The first kappa shape index (κ1) is 15.8. The Morgan fingerprint density at radius 2 is 2.30 bits per heavy atom. The summed E-state index contributed by atoms with van der Waals surface area (Å²) in [5, 5.41) is 0. The molecule has 1 heterocycles. The first-order chi connectivity index (χ1) is 9.60. The van der Waals surface area contributed by atoms with E-state index in [1.807, 2.05) is 0 Å². The van der Waals surface area contributed by atoms with Gasteiger partial charge in [0, 0.05) is 30.7 Å². The molecule has 0 amide bonds. The van der Waals surface area contributed by atoms with Crippen LogP contribution in [0.15, 0.2) is 22.7 Å². The van der Waals surface area contributed by atoms with Gasteiger partial charge in [0.1, 0.15) is 0 Å². The summed E-state index contributed by atoms with van der Waals surface area (Å²) in [6, 6.07) is 6.80. The lowest BCUT2D eigenvalue weighted by molar-refractivity contribution is 0.116. The van der Waals surface area contributed by atoms with Gasteiger partial charge in [0.15, 0.2) is 0 Å². The van der Waals surface area contributed by atoms with Crippen LogP contribution in [-0.2, 0) is 11.2 Å². The van der Waals surface area contributed by atoms with Gasteiger partial charge in [-0.15, -0.1) is 0 Å². The highest BCUT2D eigenvalue weighted by molar-refractivity contribution is 9.10. The van der Waals surface area contributed by atoms with E-state index in [1.54, 1.807) is 0 Å². The molecule has 1 aromatic rings. The number of anilines is 1. The first-order valence-corrected chi connectivity index (χ1v) is 8.26. The standard InChI is InChI=1S/C16H25BrN2O/c1-3-13(18)9-12-6-7-16(15(17)10-12)19(2)11-14-5-4-8-20-14/h6-7,10,13-14H,3-5,8-9,11,18H2,1-2H3. The van der Waals surface area contributed by atoms with E-state index in [-0.39, 0.29) is 6.04 Å². The number of halogens is 1. The van der Waals surface area contributed by atoms with Crippen molar-refractivity contribution in [1.29, 1.82) is 0 Å². The van der Waals surface area contributed by atoms with Crippen LogP contribution in [0.2, 0.25) is 0 Å². The van der Waals surface area contributed by atoms with Crippen molar-refractivity contribution in [1.82, 2.24) is 0 Å². The fourth-order valence-electron chi connectivity index (χ4n) is 2.63. The van der Waals surface area contributed by atoms with Gasteiger partial charge in [-0.25, -0.2) is 0 Å². The minimum atomic E-state index is 0.248. The largest absolute Gasteiger partial charge is 0.376 e. The Morgan fingerprint density at radius 3 is 2.90 bits per heavy atom. The van der Waals surface area contributed by atoms with Crippen LogP contribution in [0, 0.1) is 0 Å². The monoisotopic (exact) mass is 340 g/mol. The summed E-state index contributed by atoms with van der Waals surface area (Å²) in [6.07, 6.45) is 4.68. The molecule has 1 aliphatic rings. The van der Waals surface area contributed by atoms with E-state index in [0.29, 0.717) is 6.10 Å². The Hall–Kier alpha value is -0.580. The molecule has 1 saturated heterocycles. The summed E-state index contributed by atoms with van der Waals surface area (Å²) in [5.74, 6) is 0. The quantitative estimate of drug-likeness (QED) is 0.862. The van der Waals surface area contributed by atoms with E-state index in [0.717, 1.165) is 30.5 Å². The number of nitrogens with zero attached hydrogens (tertiary/aromatic N) is 1. The van der Waals surface area contributed by atoms with Crippen LogP contribution in [0.5, 0.6) is 0 Å². The van der Waals surface area contributed by atoms with Gasteiger partial charge in [-0.05, 0) is 59.3 Å². The summed E-state index contributed by atoms with van der Waals surface area (Å²) in [5.41, 5.74) is 8.53. The molecular formula is C16H25BrN2O. The zero-order valence-electron chi connectivity index (χ0n) is 12.4. The molecule has 0 bridgehead atoms. The highest BCUT2D eigenvalue weighted by Gasteiger charge is 2.18. The molecule has 0 saturated carbocycles. The van der Waals surface area contributed by atoms with Gasteiger partial charge < -0.3 is 15.4 Å². The van der Waals surface area contributed by atoms with E-state index < -0.39 is 0 Å². The van der Waals surface area contributed by atoms with E-state index in [4.69, 9.17) is 10.5 Å². The summed E-state index contributed by atoms with van der Waals surface area (Å²) in [4.78, 5) is 2.27. The number of benzene rings is 1. The number of rotatable bonds is 6. The number of ether oxygens (including phenoxy) is 1. The zero-order valence-corrected chi connectivity index (χ0v) is 14.0. The van der Waals surface area contributed by atoms with Gasteiger partial charge in [0.2, 0.25) is 0 Å². The lowest BCUT2D eigenvalue weighted by Gasteiger charge is -2.24. The Bertz CT molecular complexity index is 432. The molecule has 2 atom stereocenters. The molecule has 20 heavy (non-hydrogen) atoms. The first-order valence-electron chi connectivity index (χ1n) is 7.47. The van der Waals surface area contributed by atoms with Crippen molar-refractivity contribution in [2.75, 3.05) is 25.1 Å². The molecule has 1 aromatic carbocycles. The van der Waals surface area contributed by atoms with E-state index in [9.17, 15) is 0 Å². The third-order valence-corrected chi connectivity index (χ3v) is 4.58. The molecule has 0 spiro atoms. The third-order valence-electron chi connectivity index (χ3n) is 3.95. The normalized spacial score (nSPS) is 20.1. The van der Waals surface area contributed by atoms with E-state index >= 15 is 0 Å². The molecule has 1 aliphatic heterocycles. The van der Waals surface area contributed by atoms with E-state index in [2.05, 4.69) is 53.0 Å². The number of nitrogens with two attached hydrogens (primary N) is 1. The third kappa shape index (κ3) is 4.21. The predicted molar refractivity (Wildman–Crippen MR) is 88.4 cm³/mol. The number of hydrogen-bond acceptors (Lipinski definition) is 3. The summed E-state index contributed by atoms with van der Waals surface area (Å²) in [7, 11) is 2.12. The summed E-state index contributed by atoms with van der Waals surface area (Å²) < 4.78 is 6.84. The number of hydrogen-bond donors (Lipinski definition) is 1. The molecule has 2 rings (SSSR count). The lowest BCUT2D eigenvalue weighted by atomic mass is 10.0. The van der Waals surface area contributed by atoms with Crippen LogP contribution in [-0.4, -0.2) is 32.3 Å². The van der Waals surface area contributed by atoms with Gasteiger partial charge in [-0.3, -0.25) is 0 Å². The SMILES string of the molecule is CCC(N)Cc1ccc(N(C)CC2CCCO2)c(Br)c1. The van der Waals surface area contributed by atoms with Crippen molar-refractivity contribution in [3.8, 4) is 0 Å². The molecule has 0 aliphatic carbocycles. The van der Waals surface area contributed by atoms with Crippen molar-refractivity contribution in [2.24, 2.45) is 5.73 Å². The highest BCUT2D eigenvalue weighted by Crippen LogP contribution is 2.28. The Balaban J connectivity index is 2.00. The highest BCUT2D eigenvalue weighted by atomic mass is 79.9. The number of likely N-dealkylation sites (N-methyl/N-ethyl adjacent to an activating group) is 1. The zero-order chi connectivity index (χ0) is 14.5. The van der Waals surface area contributed by atoms with Crippen LogP contribution >= 0.6 is 15.9 Å². The molecule has 0 radical (unpaired) electrons. The van der Waals surface area contributed by atoms with Crippen molar-refractivity contribution in [3.05, 3.63) is 28.2 Å². The second-order valence-electron chi connectivity index (χ2n) is 5.67. The van der Waals surface area contributed by atoms with Crippen LogP contribution < -0.4 is 10.6 Å².